The summed E-state index contributed by atoms with van der Waals surface area (Å²) >= 11 is 0. The zero-order valence-electron chi connectivity index (χ0n) is 19.0. The van der Waals surface area contributed by atoms with E-state index in [1.54, 1.807) is 4.90 Å². The Morgan fingerprint density at radius 3 is 2.06 bits per heavy atom. The highest BCUT2D eigenvalue weighted by molar-refractivity contribution is 5.95. The monoisotopic (exact) mass is 477 g/mol. The minimum atomic E-state index is -4.55. The number of alkyl halides is 3. The zero-order valence-corrected chi connectivity index (χ0v) is 19.0. The summed E-state index contributed by atoms with van der Waals surface area (Å²) in [6.45, 7) is 3.27. The van der Waals surface area contributed by atoms with E-state index in [0.717, 1.165) is 34.2 Å². The highest BCUT2D eigenvalue weighted by atomic mass is 19.4. The molecular weight excluding hydrogens is 455 g/mol. The number of hydrogen-bond donors (Lipinski definition) is 0. The Morgan fingerprint density at radius 2 is 1.43 bits per heavy atom. The van der Waals surface area contributed by atoms with Crippen LogP contribution < -0.4 is 4.90 Å². The SMILES string of the molecule is Cc1nc(C(F)(F)F)ccc1C(=O)N1CCN(c2nc3ccccc3nc2-c2ccccc2)CC1. The molecular formula is C26H22F3N5O. The van der Waals surface area contributed by atoms with Gasteiger partial charge in [-0.25, -0.2) is 15.0 Å². The van der Waals surface area contributed by atoms with E-state index >= 15 is 0 Å². The van der Waals surface area contributed by atoms with Crippen molar-refractivity contribution in [2.45, 2.75) is 13.1 Å². The van der Waals surface area contributed by atoms with Crippen LogP contribution in [0.3, 0.4) is 0 Å². The minimum Gasteiger partial charge on any atom is -0.351 e. The number of nitrogens with zero attached hydrogens (tertiary/aromatic N) is 5. The Labute approximate surface area is 200 Å². The first-order valence-electron chi connectivity index (χ1n) is 11.2. The summed E-state index contributed by atoms with van der Waals surface area (Å²) in [5.41, 5.74) is 2.56. The van der Waals surface area contributed by atoms with Gasteiger partial charge >= 0.3 is 6.18 Å². The lowest BCUT2D eigenvalue weighted by atomic mass is 10.1. The van der Waals surface area contributed by atoms with Gasteiger partial charge in [0.15, 0.2) is 5.82 Å². The van der Waals surface area contributed by atoms with Gasteiger partial charge in [0.1, 0.15) is 11.4 Å². The van der Waals surface area contributed by atoms with Crippen LogP contribution >= 0.6 is 0 Å². The van der Waals surface area contributed by atoms with Crippen LogP contribution in [0.4, 0.5) is 19.0 Å². The molecule has 1 aliphatic rings. The lowest BCUT2D eigenvalue weighted by molar-refractivity contribution is -0.141. The average molecular weight is 477 g/mol. The number of hydrogen-bond acceptors (Lipinski definition) is 5. The number of fused-ring (bicyclic) bond motifs is 1. The Hall–Kier alpha value is -4.01. The molecule has 0 bridgehead atoms. The van der Waals surface area contributed by atoms with Crippen LogP contribution in [0.25, 0.3) is 22.3 Å². The van der Waals surface area contributed by atoms with Gasteiger partial charge in [-0.05, 0) is 31.2 Å². The zero-order chi connectivity index (χ0) is 24.6. The van der Waals surface area contributed by atoms with Gasteiger partial charge in [0.25, 0.3) is 5.91 Å². The first-order valence-corrected chi connectivity index (χ1v) is 11.2. The van der Waals surface area contributed by atoms with Crippen LogP contribution in [-0.2, 0) is 6.18 Å². The van der Waals surface area contributed by atoms with Crippen LogP contribution in [0.1, 0.15) is 21.7 Å². The number of para-hydroxylation sites is 2. The number of halogens is 3. The lowest BCUT2D eigenvalue weighted by Gasteiger charge is -2.36. The third-order valence-corrected chi connectivity index (χ3v) is 6.07. The van der Waals surface area contributed by atoms with Gasteiger partial charge in [-0.2, -0.15) is 13.2 Å². The fourth-order valence-corrected chi connectivity index (χ4v) is 4.24. The summed E-state index contributed by atoms with van der Waals surface area (Å²) in [6, 6.07) is 19.6. The molecule has 0 N–H and O–H groups in total. The maximum Gasteiger partial charge on any atom is 0.433 e. The molecule has 4 aromatic rings. The van der Waals surface area contributed by atoms with Crippen LogP contribution in [0, 0.1) is 6.92 Å². The van der Waals surface area contributed by atoms with E-state index in [-0.39, 0.29) is 17.2 Å². The van der Waals surface area contributed by atoms with Crippen molar-refractivity contribution >= 4 is 22.8 Å². The molecule has 5 rings (SSSR count). The first-order chi connectivity index (χ1) is 16.8. The number of carbonyl (C=O) groups is 1. The number of benzene rings is 2. The molecule has 0 unspecified atom stereocenters. The smallest absolute Gasteiger partial charge is 0.351 e. The van der Waals surface area contributed by atoms with Crippen LogP contribution in [0.5, 0.6) is 0 Å². The number of rotatable bonds is 3. The number of aryl methyl sites for hydroxylation is 1. The highest BCUT2D eigenvalue weighted by Crippen LogP contribution is 2.31. The van der Waals surface area contributed by atoms with Gasteiger partial charge in [-0.15, -0.1) is 0 Å². The van der Waals surface area contributed by atoms with E-state index in [4.69, 9.17) is 9.97 Å². The molecule has 0 aliphatic carbocycles. The molecule has 1 amide bonds. The van der Waals surface area contributed by atoms with E-state index in [0.29, 0.717) is 26.2 Å². The number of amides is 1. The second-order valence-corrected chi connectivity index (χ2v) is 8.36. The largest absolute Gasteiger partial charge is 0.433 e. The van der Waals surface area contributed by atoms with E-state index < -0.39 is 11.9 Å². The quantitative estimate of drug-likeness (QED) is 0.417. The molecule has 3 heterocycles. The van der Waals surface area contributed by atoms with Crippen molar-refractivity contribution in [3.8, 4) is 11.3 Å². The Morgan fingerprint density at radius 1 is 0.800 bits per heavy atom. The van der Waals surface area contributed by atoms with E-state index in [2.05, 4.69) is 9.88 Å². The summed E-state index contributed by atoms with van der Waals surface area (Å²) in [5, 5.41) is 0. The standard InChI is InChI=1S/C26H22F3N5O/c1-17-19(11-12-22(30-17)26(27,28)29)25(35)34-15-13-33(14-16-34)24-23(18-7-3-2-4-8-18)31-20-9-5-6-10-21(20)32-24/h2-12H,13-16H2,1H3. The summed E-state index contributed by atoms with van der Waals surface area (Å²) in [5.74, 6) is 0.422. The van der Waals surface area contributed by atoms with Gasteiger partial charge in [-0.1, -0.05) is 42.5 Å². The second-order valence-electron chi connectivity index (χ2n) is 8.36. The maximum absolute atomic E-state index is 13.0. The number of anilines is 1. The molecule has 1 fully saturated rings. The minimum absolute atomic E-state index is 0.0685. The van der Waals surface area contributed by atoms with E-state index in [1.165, 1.54) is 13.0 Å². The molecule has 178 valence electrons. The molecule has 1 aliphatic heterocycles. The van der Waals surface area contributed by atoms with Crippen molar-refractivity contribution in [2.75, 3.05) is 31.1 Å². The summed E-state index contributed by atoms with van der Waals surface area (Å²) < 4.78 is 38.8. The van der Waals surface area contributed by atoms with Gasteiger partial charge in [0, 0.05) is 31.7 Å². The molecule has 9 heteroatoms. The van der Waals surface area contributed by atoms with Crippen molar-refractivity contribution in [3.63, 3.8) is 0 Å². The number of aromatic nitrogens is 3. The van der Waals surface area contributed by atoms with Crippen molar-refractivity contribution in [2.24, 2.45) is 0 Å². The molecule has 0 saturated carbocycles. The first kappa shape index (κ1) is 22.8. The molecule has 0 radical (unpaired) electrons. The predicted octanol–water partition coefficient (Wildman–Crippen LogP) is 4.98. The van der Waals surface area contributed by atoms with Gasteiger partial charge in [-0.3, -0.25) is 4.79 Å². The average Bonchev–Trinajstić information content (AvgIpc) is 2.87. The third-order valence-electron chi connectivity index (χ3n) is 6.07. The normalized spacial score (nSPS) is 14.4. The Kier molecular flexibility index (Phi) is 5.84. The van der Waals surface area contributed by atoms with Crippen molar-refractivity contribution < 1.29 is 18.0 Å². The Bertz CT molecular complexity index is 1380. The van der Waals surface area contributed by atoms with Gasteiger partial charge in [0.05, 0.1) is 22.3 Å². The van der Waals surface area contributed by atoms with Crippen LogP contribution in [-0.4, -0.2) is 51.9 Å². The highest BCUT2D eigenvalue weighted by Gasteiger charge is 2.34. The molecule has 0 spiro atoms. The Balaban J connectivity index is 1.39. The molecule has 2 aromatic carbocycles. The third kappa shape index (κ3) is 4.53. The number of piperazine rings is 1. The molecule has 6 nitrogen and oxygen atoms in total. The number of carbonyl (C=O) groups excluding carboxylic acids is 1. The lowest BCUT2D eigenvalue weighted by Crippen LogP contribution is -2.49. The summed E-state index contributed by atoms with van der Waals surface area (Å²) in [6.07, 6.45) is -4.55. The molecule has 0 atom stereocenters. The van der Waals surface area contributed by atoms with Gasteiger partial charge in [0.2, 0.25) is 0 Å². The summed E-state index contributed by atoms with van der Waals surface area (Å²) in [4.78, 5) is 30.2. The maximum atomic E-state index is 13.0. The summed E-state index contributed by atoms with van der Waals surface area (Å²) in [7, 11) is 0. The van der Waals surface area contributed by atoms with Gasteiger partial charge < -0.3 is 9.80 Å². The van der Waals surface area contributed by atoms with Crippen LogP contribution in [0.2, 0.25) is 0 Å². The second kappa shape index (κ2) is 8.98. The van der Waals surface area contributed by atoms with E-state index in [9.17, 15) is 18.0 Å². The van der Waals surface area contributed by atoms with Crippen molar-refractivity contribution in [3.05, 3.63) is 83.7 Å². The predicted molar refractivity (Wildman–Crippen MR) is 127 cm³/mol. The van der Waals surface area contributed by atoms with E-state index in [1.807, 2.05) is 54.6 Å². The number of pyridine rings is 1. The topological polar surface area (TPSA) is 62.2 Å². The fourth-order valence-electron chi connectivity index (χ4n) is 4.24. The molecule has 2 aromatic heterocycles. The molecule has 1 saturated heterocycles. The van der Waals surface area contributed by atoms with Crippen molar-refractivity contribution in [1.29, 1.82) is 0 Å². The van der Waals surface area contributed by atoms with Crippen molar-refractivity contribution in [1.82, 2.24) is 19.9 Å². The molecule has 35 heavy (non-hydrogen) atoms. The fraction of sp³-hybridized carbons (Fsp3) is 0.231. The van der Waals surface area contributed by atoms with Crippen LogP contribution in [0.15, 0.2) is 66.7 Å².